The molecular formula is C39H42FN7O10S. The van der Waals surface area contributed by atoms with Crippen LogP contribution in [-0.4, -0.2) is 98.9 Å². The van der Waals surface area contributed by atoms with Gasteiger partial charge in [0.05, 0.1) is 29.7 Å². The van der Waals surface area contributed by atoms with Crippen LogP contribution in [0.2, 0.25) is 0 Å². The fourth-order valence-electron chi connectivity index (χ4n) is 7.61. The van der Waals surface area contributed by atoms with Crippen LogP contribution >= 0.6 is 0 Å². The van der Waals surface area contributed by atoms with Crippen LogP contribution in [0.25, 0.3) is 22.2 Å². The standard InChI is InChI=1S/C39H42FN7O10S/c1-3-42-36(50)29(5-4-14-41)45-37(51)33-35-39(33,38(52)47(35)18-32(49)57-19-21-6-9-23(55-2)10-7-21)46-31(48)20-56-24-11-12-25-30(16-24)58(53,54)43-17-27-26-15-22(40)8-13-28(26)44-34(25)27/h6-13,15-16,29,33,35,43-44H,3-5,14,17-20,41H2,1-2H3,(H,42,50)(H,45,51)(H,46,48). The van der Waals surface area contributed by atoms with Crippen molar-refractivity contribution in [3.05, 3.63) is 77.6 Å². The normalized spacial score (nSPS) is 20.3. The lowest BCUT2D eigenvalue weighted by atomic mass is 10.0. The molecule has 7 rings (SSSR count). The largest absolute Gasteiger partial charge is 0.497 e. The Balaban J connectivity index is 1.06. The smallest absolute Gasteiger partial charge is 0.325 e. The number of ether oxygens (including phenoxy) is 3. The van der Waals surface area contributed by atoms with E-state index in [9.17, 15) is 36.8 Å². The molecule has 306 valence electrons. The van der Waals surface area contributed by atoms with Crippen molar-refractivity contribution in [1.82, 2.24) is 30.6 Å². The van der Waals surface area contributed by atoms with Gasteiger partial charge in [0.1, 0.15) is 36.5 Å². The summed E-state index contributed by atoms with van der Waals surface area (Å²) in [5, 5.41) is 8.49. The highest BCUT2D eigenvalue weighted by Crippen LogP contribution is 2.57. The number of methoxy groups -OCH3 is 1. The number of carbonyl (C=O) groups excluding carboxylic acids is 5. The van der Waals surface area contributed by atoms with Crippen molar-refractivity contribution < 1.29 is 51.0 Å². The molecule has 19 heteroatoms. The Kier molecular flexibility index (Phi) is 11.1. The van der Waals surface area contributed by atoms with E-state index in [-0.39, 0.29) is 36.8 Å². The Morgan fingerprint density at radius 3 is 2.55 bits per heavy atom. The molecule has 0 radical (unpaired) electrons. The van der Waals surface area contributed by atoms with E-state index in [2.05, 4.69) is 25.7 Å². The van der Waals surface area contributed by atoms with Crippen molar-refractivity contribution in [2.75, 3.05) is 33.4 Å². The quantitative estimate of drug-likeness (QED) is 0.0687. The van der Waals surface area contributed by atoms with Crippen LogP contribution in [0.15, 0.2) is 65.6 Å². The number of hydrogen-bond donors (Lipinski definition) is 6. The summed E-state index contributed by atoms with van der Waals surface area (Å²) in [6.45, 7) is 0.924. The fraction of sp³-hybridized carbons (Fsp3) is 0.359. The summed E-state index contributed by atoms with van der Waals surface area (Å²) >= 11 is 0. The molecule has 4 unspecified atom stereocenters. The third-order valence-electron chi connectivity index (χ3n) is 10.5. The summed E-state index contributed by atoms with van der Waals surface area (Å²) in [5.74, 6) is -4.42. The molecule has 4 amide bonds. The minimum Gasteiger partial charge on any atom is -0.497 e. The number of fused-ring (bicyclic) bond motifs is 6. The van der Waals surface area contributed by atoms with Crippen molar-refractivity contribution in [3.8, 4) is 22.8 Å². The van der Waals surface area contributed by atoms with E-state index in [0.29, 0.717) is 52.0 Å². The van der Waals surface area contributed by atoms with E-state index >= 15 is 0 Å². The van der Waals surface area contributed by atoms with Gasteiger partial charge in [-0.25, -0.2) is 17.5 Å². The SMILES string of the molecule is CCNC(=O)C(CCCN)NC(=O)C1C2N(CC(=O)OCc3ccc(OC)cc3)C(=O)C12NC(=O)COc1ccc2c(c1)S(=O)(=O)NCc1c-2[nH]c2ccc(F)cc12. The second-order valence-electron chi connectivity index (χ2n) is 14.1. The van der Waals surface area contributed by atoms with Gasteiger partial charge in [0.2, 0.25) is 21.8 Å². The number of aromatic nitrogens is 1. The molecule has 3 aliphatic rings. The summed E-state index contributed by atoms with van der Waals surface area (Å²) in [6.07, 6.45) is 0.642. The van der Waals surface area contributed by atoms with Crippen LogP contribution in [0.1, 0.15) is 30.9 Å². The third kappa shape index (κ3) is 7.54. The summed E-state index contributed by atoms with van der Waals surface area (Å²) in [4.78, 5) is 70.8. The van der Waals surface area contributed by atoms with Crippen molar-refractivity contribution in [2.24, 2.45) is 11.7 Å². The van der Waals surface area contributed by atoms with Crippen molar-refractivity contribution >= 4 is 50.5 Å². The van der Waals surface area contributed by atoms with Crippen LogP contribution in [0.5, 0.6) is 11.5 Å². The Hall–Kier alpha value is -6.05. The number of likely N-dealkylation sites (tertiary alicyclic amines) is 1. The minimum atomic E-state index is -4.08. The average molecular weight is 820 g/mol. The number of aromatic amines is 1. The van der Waals surface area contributed by atoms with Crippen LogP contribution in [-0.2, 0) is 51.9 Å². The number of esters is 1. The molecule has 1 aromatic heterocycles. The van der Waals surface area contributed by atoms with E-state index in [1.54, 1.807) is 37.3 Å². The number of H-pyrrole nitrogens is 1. The zero-order chi connectivity index (χ0) is 41.4. The summed E-state index contributed by atoms with van der Waals surface area (Å²) in [5.41, 5.74) is 6.56. The van der Waals surface area contributed by atoms with E-state index in [4.69, 9.17) is 19.9 Å². The fourth-order valence-corrected chi connectivity index (χ4v) is 8.83. The van der Waals surface area contributed by atoms with Gasteiger partial charge in [0, 0.05) is 41.2 Å². The maximum Gasteiger partial charge on any atom is 0.325 e. The Morgan fingerprint density at radius 1 is 1.07 bits per heavy atom. The topological polar surface area (TPSA) is 240 Å². The molecule has 0 bridgehead atoms. The number of halogens is 1. The Morgan fingerprint density at radius 2 is 1.83 bits per heavy atom. The average Bonchev–Trinajstić information content (AvgIpc) is 3.69. The molecule has 4 atom stereocenters. The highest BCUT2D eigenvalue weighted by atomic mass is 32.2. The van der Waals surface area contributed by atoms with Crippen LogP contribution in [0.4, 0.5) is 4.39 Å². The first-order valence-corrected chi connectivity index (χ1v) is 20.0. The van der Waals surface area contributed by atoms with Gasteiger partial charge in [-0.05, 0) is 74.3 Å². The third-order valence-corrected chi connectivity index (χ3v) is 11.9. The minimum absolute atomic E-state index is 0.00914. The highest BCUT2D eigenvalue weighted by Gasteiger charge is 2.85. The Bertz CT molecular complexity index is 2410. The Labute approximate surface area is 332 Å². The van der Waals surface area contributed by atoms with Gasteiger partial charge >= 0.3 is 5.97 Å². The molecule has 17 nitrogen and oxygen atoms in total. The van der Waals surface area contributed by atoms with Gasteiger partial charge in [-0.15, -0.1) is 0 Å². The lowest BCUT2D eigenvalue weighted by molar-refractivity contribution is -0.157. The lowest BCUT2D eigenvalue weighted by Gasteiger charge is -2.36. The van der Waals surface area contributed by atoms with Crippen molar-refractivity contribution in [3.63, 3.8) is 0 Å². The number of nitrogens with one attached hydrogen (secondary N) is 5. The van der Waals surface area contributed by atoms with Crippen molar-refractivity contribution in [1.29, 1.82) is 0 Å². The maximum absolute atomic E-state index is 14.1. The van der Waals surface area contributed by atoms with E-state index in [1.165, 1.54) is 37.4 Å². The molecule has 0 spiro atoms. The van der Waals surface area contributed by atoms with E-state index < -0.39 is 82.1 Å². The number of β-lactam (4-membered cyclic amide) rings is 1. The highest BCUT2D eigenvalue weighted by molar-refractivity contribution is 7.89. The zero-order valence-electron chi connectivity index (χ0n) is 31.6. The molecule has 2 aliphatic heterocycles. The predicted molar refractivity (Wildman–Crippen MR) is 205 cm³/mol. The van der Waals surface area contributed by atoms with Crippen LogP contribution < -0.4 is 35.9 Å². The van der Waals surface area contributed by atoms with Gasteiger partial charge in [-0.2, -0.15) is 0 Å². The van der Waals surface area contributed by atoms with Gasteiger partial charge in [-0.3, -0.25) is 24.0 Å². The lowest BCUT2D eigenvalue weighted by Crippen LogP contribution is -2.65. The first kappa shape index (κ1) is 40.2. The van der Waals surface area contributed by atoms with Gasteiger partial charge in [0.15, 0.2) is 12.1 Å². The van der Waals surface area contributed by atoms with E-state index in [1.807, 2.05) is 0 Å². The molecule has 1 aliphatic carbocycles. The van der Waals surface area contributed by atoms with Crippen LogP contribution in [0, 0.1) is 11.7 Å². The number of likely N-dealkylation sites (N-methyl/N-ethyl adjacent to an activating group) is 1. The number of amides is 4. The number of carbonyl (C=O) groups is 5. The van der Waals surface area contributed by atoms with Gasteiger partial charge in [0.25, 0.3) is 11.8 Å². The number of nitrogens with zero attached hydrogens (tertiary/aromatic N) is 1. The number of hydrogen-bond acceptors (Lipinski definition) is 11. The molecule has 1 saturated carbocycles. The molecule has 4 aromatic rings. The molecule has 7 N–H and O–H groups in total. The summed E-state index contributed by atoms with van der Waals surface area (Å²) < 4.78 is 59.4. The van der Waals surface area contributed by atoms with E-state index in [0.717, 1.165) is 4.90 Å². The second kappa shape index (κ2) is 16.1. The molecule has 3 aromatic carbocycles. The number of nitrogens with two attached hydrogens (primary N) is 1. The maximum atomic E-state index is 14.1. The second-order valence-corrected chi connectivity index (χ2v) is 15.8. The zero-order valence-corrected chi connectivity index (χ0v) is 32.4. The number of rotatable bonds is 16. The number of sulfonamides is 1. The molecule has 58 heavy (non-hydrogen) atoms. The molecular weight excluding hydrogens is 778 g/mol. The molecule has 1 saturated heterocycles. The number of benzene rings is 3. The van der Waals surface area contributed by atoms with Crippen LogP contribution in [0.3, 0.4) is 0 Å². The van der Waals surface area contributed by atoms with Gasteiger partial charge in [-0.1, -0.05) is 12.1 Å². The predicted octanol–water partition coefficient (Wildman–Crippen LogP) is 0.952. The summed E-state index contributed by atoms with van der Waals surface area (Å²) in [7, 11) is -2.56. The molecule has 2 fully saturated rings. The molecule has 3 heterocycles. The monoisotopic (exact) mass is 819 g/mol. The summed E-state index contributed by atoms with van der Waals surface area (Å²) in [6, 6.07) is 13.3. The first-order valence-electron chi connectivity index (χ1n) is 18.6. The van der Waals surface area contributed by atoms with Crippen molar-refractivity contribution in [2.45, 2.75) is 55.4 Å². The first-order chi connectivity index (χ1) is 27.8. The van der Waals surface area contributed by atoms with Gasteiger partial charge < -0.3 is 45.8 Å².